The molecule has 1 aliphatic heterocycles. The zero-order chi connectivity index (χ0) is 15.7. The van der Waals surface area contributed by atoms with Crippen LogP contribution in [0.2, 0.25) is 0 Å². The Morgan fingerprint density at radius 2 is 1.86 bits per heavy atom. The zero-order valence-corrected chi connectivity index (χ0v) is 11.9. The summed E-state index contributed by atoms with van der Waals surface area (Å²) in [7, 11) is -3.71. The average molecular weight is 320 g/mol. The molecule has 0 fully saturated rings. The number of nitrogens with zero attached hydrogens (tertiary/aromatic N) is 2. The molecule has 0 saturated heterocycles. The molecule has 9 heteroatoms. The first-order valence-electron chi connectivity index (χ1n) is 6.20. The van der Waals surface area contributed by atoms with E-state index in [0.29, 0.717) is 5.56 Å². The van der Waals surface area contributed by atoms with Crippen LogP contribution in [0.25, 0.3) is 11.4 Å². The summed E-state index contributed by atoms with van der Waals surface area (Å²) in [5.41, 5.74) is 0.481. The number of hydrogen-bond acceptors (Lipinski definition) is 6. The van der Waals surface area contributed by atoms with Crippen molar-refractivity contribution in [1.82, 2.24) is 15.2 Å². The first-order valence-corrected chi connectivity index (χ1v) is 7.85. The molecule has 1 aromatic rings. The fourth-order valence-electron chi connectivity index (χ4n) is 2.14. The Morgan fingerprint density at radius 3 is 2.55 bits per heavy atom. The summed E-state index contributed by atoms with van der Waals surface area (Å²) in [5, 5.41) is 27.3. The van der Waals surface area contributed by atoms with Crippen molar-refractivity contribution < 1.29 is 13.0 Å². The zero-order valence-electron chi connectivity index (χ0n) is 11.1. The average Bonchev–Trinajstić information content (AvgIpc) is 2.95. The largest absolute Gasteiger partial charge is 0.612 e. The minimum atomic E-state index is -3.71. The van der Waals surface area contributed by atoms with Gasteiger partial charge in [0.2, 0.25) is 5.69 Å². The lowest BCUT2D eigenvalue weighted by molar-refractivity contribution is 0.312. The maximum atomic E-state index is 12.5. The highest BCUT2D eigenvalue weighted by Gasteiger charge is 2.26. The van der Waals surface area contributed by atoms with Gasteiger partial charge in [-0.1, -0.05) is 30.3 Å². The number of benzene rings is 2. The van der Waals surface area contributed by atoms with E-state index in [-0.39, 0.29) is 27.4 Å². The third-order valence-electron chi connectivity index (χ3n) is 3.13. The predicted octanol–water partition coefficient (Wildman–Crippen LogP) is 0.849. The van der Waals surface area contributed by atoms with Gasteiger partial charge in [0.05, 0.1) is 10.6 Å². The van der Waals surface area contributed by atoms with E-state index in [1.807, 2.05) is 0 Å². The quantitative estimate of drug-likeness (QED) is 0.713. The lowest BCUT2D eigenvalue weighted by Gasteiger charge is -2.08. The molecule has 1 heterocycles. The molecule has 3 rings (SSSR count). The molecule has 1 aromatic carbocycles. The molecular formula is C13H10N3O5S-. The Balaban J connectivity index is 2.13. The molecule has 1 N–H and O–H groups in total. The van der Waals surface area contributed by atoms with Crippen LogP contribution in [0.1, 0.15) is 5.56 Å². The van der Waals surface area contributed by atoms with Crippen molar-refractivity contribution in [2.45, 2.75) is 10.6 Å². The van der Waals surface area contributed by atoms with Crippen LogP contribution in [0, 0.1) is 10.4 Å². The number of nitrogens with one attached hydrogen (secondary N) is 1. The van der Waals surface area contributed by atoms with Gasteiger partial charge >= 0.3 is 0 Å². The number of rotatable bonds is 3. The number of fused-ring (bicyclic) bond motifs is 1. The number of aromatic amines is 1. The third-order valence-corrected chi connectivity index (χ3v) is 4.86. The van der Waals surface area contributed by atoms with E-state index in [1.165, 1.54) is 6.07 Å². The van der Waals surface area contributed by atoms with Crippen molar-refractivity contribution in [3.8, 4) is 11.4 Å². The van der Waals surface area contributed by atoms with E-state index in [9.17, 15) is 18.8 Å². The Hall–Kier alpha value is -2.81. The Morgan fingerprint density at radius 1 is 1.14 bits per heavy atom. The number of H-pyrrole nitrogens is 1. The second-order valence-electron chi connectivity index (χ2n) is 4.59. The van der Waals surface area contributed by atoms with E-state index >= 15 is 0 Å². The van der Waals surface area contributed by atoms with Crippen molar-refractivity contribution in [2.24, 2.45) is 0 Å². The number of hydrogen-bond donors (Lipinski definition) is 1. The Bertz CT molecular complexity index is 939. The number of aromatic nitrogens is 2. The van der Waals surface area contributed by atoms with Gasteiger partial charge in [-0.25, -0.2) is 8.42 Å². The molecule has 0 radical (unpaired) electrons. The smallest absolute Gasteiger partial charge is 0.254 e. The highest BCUT2D eigenvalue weighted by molar-refractivity contribution is 7.90. The van der Waals surface area contributed by atoms with Gasteiger partial charge in [0, 0.05) is 6.07 Å². The van der Waals surface area contributed by atoms with Gasteiger partial charge in [-0.2, -0.15) is 10.1 Å². The van der Waals surface area contributed by atoms with Crippen LogP contribution in [-0.4, -0.2) is 18.7 Å². The molecule has 0 bridgehead atoms. The van der Waals surface area contributed by atoms with E-state index in [4.69, 9.17) is 0 Å². The minimum Gasteiger partial charge on any atom is -0.612 e. The fourth-order valence-corrected chi connectivity index (χ4v) is 3.66. The van der Waals surface area contributed by atoms with Crippen LogP contribution in [0.15, 0.2) is 52.0 Å². The first-order chi connectivity index (χ1) is 10.5. The van der Waals surface area contributed by atoms with Crippen LogP contribution in [0.4, 0.5) is 0 Å². The van der Waals surface area contributed by atoms with Crippen LogP contribution < -0.4 is 10.3 Å². The molecule has 8 nitrogen and oxygen atoms in total. The molecule has 0 spiro atoms. The molecule has 22 heavy (non-hydrogen) atoms. The summed E-state index contributed by atoms with van der Waals surface area (Å²) in [6.45, 7) is 0. The Kier molecular flexibility index (Phi) is 3.33. The minimum absolute atomic E-state index is 0.00914. The van der Waals surface area contributed by atoms with Gasteiger partial charge in [-0.05, 0) is 16.8 Å². The highest BCUT2D eigenvalue weighted by atomic mass is 32.2. The lowest BCUT2D eigenvalue weighted by Crippen LogP contribution is -2.23. The highest BCUT2D eigenvalue weighted by Crippen LogP contribution is 2.25. The van der Waals surface area contributed by atoms with Crippen molar-refractivity contribution in [3.63, 3.8) is 0 Å². The fraction of sp³-hybridized carbons (Fsp3) is 0.0769. The molecule has 0 unspecified atom stereocenters. The van der Waals surface area contributed by atoms with E-state index < -0.39 is 14.7 Å². The predicted molar refractivity (Wildman–Crippen MR) is 76.8 cm³/mol. The lowest BCUT2D eigenvalue weighted by atomic mass is 10.2. The monoisotopic (exact) mass is 320 g/mol. The summed E-state index contributed by atoms with van der Waals surface area (Å²) in [4.78, 5) is -0.732. The van der Waals surface area contributed by atoms with Gasteiger partial charge in [0.1, 0.15) is 5.69 Å². The van der Waals surface area contributed by atoms with Crippen LogP contribution in [0.5, 0.6) is 0 Å². The summed E-state index contributed by atoms with van der Waals surface area (Å²) < 4.78 is 29.7. The molecule has 0 saturated carbocycles. The van der Waals surface area contributed by atoms with Crippen LogP contribution >= 0.6 is 0 Å². The maximum Gasteiger partial charge on any atom is 0.254 e. The SMILES string of the molecule is O=S(=O)(Cc1ccccc1)c1ccc(=[N+]([O-])[O-])c2no[nH]c1-2. The topological polar surface area (TPSA) is 125 Å². The van der Waals surface area contributed by atoms with Crippen LogP contribution in [0.3, 0.4) is 0 Å². The number of sulfone groups is 1. The molecule has 0 amide bonds. The summed E-state index contributed by atoms with van der Waals surface area (Å²) >= 11 is 0. The van der Waals surface area contributed by atoms with Crippen molar-refractivity contribution in [1.29, 1.82) is 0 Å². The second-order valence-corrected chi connectivity index (χ2v) is 6.55. The Labute approximate surface area is 124 Å². The van der Waals surface area contributed by atoms with Gasteiger partial charge in [-0.15, -0.1) is 0 Å². The van der Waals surface area contributed by atoms with Crippen LogP contribution in [-0.2, 0) is 15.6 Å². The maximum absolute atomic E-state index is 12.5. The summed E-state index contributed by atoms with van der Waals surface area (Å²) in [6.07, 6.45) is 0. The molecule has 2 aliphatic rings. The molecular weight excluding hydrogens is 310 g/mol. The molecule has 0 aromatic heterocycles. The molecule has 0 atom stereocenters. The first kappa shape index (κ1) is 14.1. The third kappa shape index (κ3) is 2.42. The van der Waals surface area contributed by atoms with Gasteiger partial charge < -0.3 is 10.4 Å². The van der Waals surface area contributed by atoms with E-state index in [1.54, 1.807) is 30.3 Å². The van der Waals surface area contributed by atoms with E-state index in [2.05, 4.69) is 14.9 Å². The molecule has 114 valence electrons. The normalized spacial score (nSPS) is 11.6. The van der Waals surface area contributed by atoms with E-state index in [0.717, 1.165) is 6.07 Å². The van der Waals surface area contributed by atoms with Crippen molar-refractivity contribution in [2.75, 3.05) is 0 Å². The molecule has 1 aliphatic carbocycles. The van der Waals surface area contributed by atoms with Crippen molar-refractivity contribution in [3.05, 3.63) is 63.8 Å². The standard InChI is InChI=1S/C13H10N3O5S/c17-16(18)10-6-7-11(13-12(10)14-21-15-13)22(19,20)8-9-4-2-1-3-5-9/h1-7,15H,8H2/q-1. The van der Waals surface area contributed by atoms with Gasteiger partial charge in [0.25, 0.3) is 5.36 Å². The van der Waals surface area contributed by atoms with Crippen molar-refractivity contribution >= 4 is 9.84 Å². The van der Waals surface area contributed by atoms with Gasteiger partial charge in [-0.3, -0.25) is 4.63 Å². The second kappa shape index (κ2) is 5.19. The van der Waals surface area contributed by atoms with Gasteiger partial charge in [0.15, 0.2) is 9.84 Å². The summed E-state index contributed by atoms with van der Waals surface area (Å²) in [6, 6.07) is 10.9. The summed E-state index contributed by atoms with van der Waals surface area (Å²) in [5.74, 6) is -0.222.